The number of hydrogen-bond acceptors (Lipinski definition) is 7. The highest BCUT2D eigenvalue weighted by molar-refractivity contribution is 7.89. The number of anilines is 1. The van der Waals surface area contributed by atoms with Crippen LogP contribution < -0.4 is 9.64 Å². The highest BCUT2D eigenvalue weighted by atomic mass is 32.2. The molecule has 1 amide bonds. The summed E-state index contributed by atoms with van der Waals surface area (Å²) in [5, 5.41) is 0.633. The first-order chi connectivity index (χ1) is 15.4. The van der Waals surface area contributed by atoms with Crippen molar-refractivity contribution in [1.29, 1.82) is 0 Å². The normalized spacial score (nSPS) is 15.1. The van der Waals surface area contributed by atoms with Gasteiger partial charge >= 0.3 is 0 Å². The average molecular weight is 476 g/mol. The number of para-hydroxylation sites is 1. The van der Waals surface area contributed by atoms with Gasteiger partial charge in [0.2, 0.25) is 15.9 Å². The van der Waals surface area contributed by atoms with Crippen molar-refractivity contribution in [2.24, 2.45) is 0 Å². The van der Waals surface area contributed by atoms with Crippen LogP contribution in [0.4, 0.5) is 5.13 Å². The molecule has 0 radical (unpaired) electrons. The van der Waals surface area contributed by atoms with Gasteiger partial charge in [0.15, 0.2) is 5.13 Å². The van der Waals surface area contributed by atoms with Gasteiger partial charge in [-0.2, -0.15) is 4.31 Å². The van der Waals surface area contributed by atoms with Crippen LogP contribution in [0.25, 0.3) is 10.2 Å². The summed E-state index contributed by atoms with van der Waals surface area (Å²) < 4.78 is 39.4. The van der Waals surface area contributed by atoms with Crippen LogP contribution in [-0.4, -0.2) is 63.6 Å². The fraction of sp³-hybridized carbons (Fsp3) is 0.364. The number of aromatic nitrogens is 1. The molecule has 0 N–H and O–H groups in total. The van der Waals surface area contributed by atoms with Crippen LogP contribution in [-0.2, 0) is 26.0 Å². The molecule has 4 rings (SSSR count). The smallest absolute Gasteiger partial charge is 0.246 e. The second kappa shape index (κ2) is 9.53. The first-order valence-corrected chi connectivity index (χ1v) is 12.6. The van der Waals surface area contributed by atoms with E-state index in [1.807, 2.05) is 31.2 Å². The van der Waals surface area contributed by atoms with E-state index in [1.165, 1.54) is 28.8 Å². The SMILES string of the molecule is CCN(C(=O)Cc1ccc(OC)c(S(=O)(=O)N2CCOCC2)c1)c1nc2ccccc2s1. The second-order valence-corrected chi connectivity index (χ2v) is 10.2. The predicted octanol–water partition coefficient (Wildman–Crippen LogP) is 2.92. The molecule has 8 nitrogen and oxygen atoms in total. The lowest BCUT2D eigenvalue weighted by molar-refractivity contribution is -0.117. The minimum absolute atomic E-state index is 0.0550. The number of ether oxygens (including phenoxy) is 2. The van der Waals surface area contributed by atoms with Gasteiger partial charge in [-0.15, -0.1) is 0 Å². The Bertz CT molecular complexity index is 1190. The van der Waals surface area contributed by atoms with E-state index < -0.39 is 10.0 Å². The van der Waals surface area contributed by atoms with Gasteiger partial charge in [-0.1, -0.05) is 29.5 Å². The molecule has 1 fully saturated rings. The Labute approximate surface area is 191 Å². The molecule has 1 saturated heterocycles. The Morgan fingerprint density at radius 2 is 1.97 bits per heavy atom. The highest BCUT2D eigenvalue weighted by Gasteiger charge is 2.30. The zero-order chi connectivity index (χ0) is 22.7. The lowest BCUT2D eigenvalue weighted by Crippen LogP contribution is -2.40. The molecule has 32 heavy (non-hydrogen) atoms. The van der Waals surface area contributed by atoms with Gasteiger partial charge in [-0.3, -0.25) is 9.69 Å². The molecule has 0 atom stereocenters. The minimum atomic E-state index is -3.77. The maximum absolute atomic E-state index is 13.2. The number of thiazole rings is 1. The molecule has 2 aromatic carbocycles. The molecule has 1 aliphatic rings. The Morgan fingerprint density at radius 3 is 2.66 bits per heavy atom. The summed E-state index contributed by atoms with van der Waals surface area (Å²) in [5.74, 6) is 0.109. The van der Waals surface area contributed by atoms with Crippen LogP contribution in [0.3, 0.4) is 0 Å². The molecule has 170 valence electrons. The molecule has 1 aromatic heterocycles. The predicted molar refractivity (Wildman–Crippen MR) is 124 cm³/mol. The number of benzene rings is 2. The van der Waals surface area contributed by atoms with Crippen LogP contribution >= 0.6 is 11.3 Å². The number of fused-ring (bicyclic) bond motifs is 1. The third-order valence-electron chi connectivity index (χ3n) is 5.30. The van der Waals surface area contributed by atoms with Gasteiger partial charge in [0.25, 0.3) is 0 Å². The summed E-state index contributed by atoms with van der Waals surface area (Å²) >= 11 is 1.46. The molecule has 3 aromatic rings. The van der Waals surface area contributed by atoms with E-state index in [0.29, 0.717) is 30.5 Å². The highest BCUT2D eigenvalue weighted by Crippen LogP contribution is 2.31. The van der Waals surface area contributed by atoms with Crippen LogP contribution in [0, 0.1) is 0 Å². The molecule has 0 aliphatic carbocycles. The fourth-order valence-electron chi connectivity index (χ4n) is 3.62. The van der Waals surface area contributed by atoms with Crippen molar-refractivity contribution in [3.05, 3.63) is 48.0 Å². The number of nitrogens with zero attached hydrogens (tertiary/aromatic N) is 3. The summed E-state index contributed by atoms with van der Waals surface area (Å²) in [7, 11) is -2.33. The standard InChI is InChI=1S/C22H25N3O5S2/c1-3-25(22-23-17-6-4-5-7-19(17)31-22)21(26)15-16-8-9-18(29-2)20(14-16)32(27,28)24-10-12-30-13-11-24/h4-9,14H,3,10-13,15H2,1-2H3. The third kappa shape index (κ3) is 4.49. The van der Waals surface area contributed by atoms with Gasteiger partial charge in [0.05, 0.1) is 37.0 Å². The van der Waals surface area contributed by atoms with Gasteiger partial charge in [-0.05, 0) is 36.8 Å². The number of carbonyl (C=O) groups is 1. The summed E-state index contributed by atoms with van der Waals surface area (Å²) in [6.45, 7) is 3.65. The van der Waals surface area contributed by atoms with E-state index in [9.17, 15) is 13.2 Å². The maximum Gasteiger partial charge on any atom is 0.246 e. The summed E-state index contributed by atoms with van der Waals surface area (Å²) in [6, 6.07) is 12.6. The van der Waals surface area contributed by atoms with Crippen LogP contribution in [0.1, 0.15) is 12.5 Å². The monoisotopic (exact) mass is 475 g/mol. The number of hydrogen-bond donors (Lipinski definition) is 0. The third-order valence-corrected chi connectivity index (χ3v) is 8.28. The van der Waals surface area contributed by atoms with Crippen molar-refractivity contribution in [1.82, 2.24) is 9.29 Å². The van der Waals surface area contributed by atoms with Crippen molar-refractivity contribution >= 4 is 42.6 Å². The molecule has 0 bridgehead atoms. The van der Waals surface area contributed by atoms with E-state index in [0.717, 1.165) is 10.2 Å². The van der Waals surface area contributed by atoms with Crippen molar-refractivity contribution in [2.45, 2.75) is 18.2 Å². The summed E-state index contributed by atoms with van der Waals surface area (Å²) in [5.41, 5.74) is 1.45. The Morgan fingerprint density at radius 1 is 1.22 bits per heavy atom. The minimum Gasteiger partial charge on any atom is -0.495 e. The Balaban J connectivity index is 1.60. The first-order valence-electron chi connectivity index (χ1n) is 10.3. The quantitative estimate of drug-likeness (QED) is 0.522. The van der Waals surface area contributed by atoms with E-state index >= 15 is 0 Å². The van der Waals surface area contributed by atoms with Crippen LogP contribution in [0.15, 0.2) is 47.4 Å². The Hall–Kier alpha value is -2.53. The van der Waals surface area contributed by atoms with Crippen molar-refractivity contribution in [3.8, 4) is 5.75 Å². The lowest BCUT2D eigenvalue weighted by atomic mass is 10.1. The van der Waals surface area contributed by atoms with Crippen LogP contribution in [0.2, 0.25) is 0 Å². The summed E-state index contributed by atoms with van der Waals surface area (Å²) in [4.78, 5) is 19.4. The van der Waals surface area contributed by atoms with Crippen molar-refractivity contribution in [3.63, 3.8) is 0 Å². The first kappa shape index (κ1) is 22.7. The molecule has 0 unspecified atom stereocenters. The molecule has 1 aliphatic heterocycles. The zero-order valence-corrected chi connectivity index (χ0v) is 19.6. The number of methoxy groups -OCH3 is 1. The average Bonchev–Trinajstić information content (AvgIpc) is 3.23. The number of rotatable bonds is 7. The topological polar surface area (TPSA) is 89.0 Å². The van der Waals surface area contributed by atoms with Crippen LogP contribution in [0.5, 0.6) is 5.75 Å². The second-order valence-electron chi connectivity index (χ2n) is 7.28. The molecule has 10 heteroatoms. The Kier molecular flexibility index (Phi) is 6.75. The molecule has 0 saturated carbocycles. The van der Waals surface area contributed by atoms with Crippen molar-refractivity contribution < 1.29 is 22.7 Å². The number of sulfonamides is 1. The van der Waals surface area contributed by atoms with Gasteiger partial charge < -0.3 is 9.47 Å². The molecular weight excluding hydrogens is 450 g/mol. The van der Waals surface area contributed by atoms with E-state index in [1.54, 1.807) is 17.0 Å². The van der Waals surface area contributed by atoms with E-state index in [-0.39, 0.29) is 36.1 Å². The molecule has 2 heterocycles. The molecular formula is C22H25N3O5S2. The number of morpholine rings is 1. The lowest BCUT2D eigenvalue weighted by Gasteiger charge is -2.27. The number of likely N-dealkylation sites (N-methyl/N-ethyl adjacent to an activating group) is 1. The van der Waals surface area contributed by atoms with Gasteiger partial charge in [-0.25, -0.2) is 13.4 Å². The number of amides is 1. The van der Waals surface area contributed by atoms with Gasteiger partial charge in [0, 0.05) is 19.6 Å². The van der Waals surface area contributed by atoms with E-state index in [2.05, 4.69) is 4.98 Å². The van der Waals surface area contributed by atoms with Gasteiger partial charge in [0.1, 0.15) is 10.6 Å². The largest absolute Gasteiger partial charge is 0.495 e. The number of carbonyl (C=O) groups excluding carboxylic acids is 1. The summed E-state index contributed by atoms with van der Waals surface area (Å²) in [6.07, 6.45) is 0.0550. The molecule has 0 spiro atoms. The fourth-order valence-corrected chi connectivity index (χ4v) is 6.28. The maximum atomic E-state index is 13.2. The van der Waals surface area contributed by atoms with Crippen molar-refractivity contribution in [2.75, 3.05) is 44.9 Å². The zero-order valence-electron chi connectivity index (χ0n) is 18.0. The van der Waals surface area contributed by atoms with E-state index in [4.69, 9.17) is 9.47 Å².